The highest BCUT2D eigenvalue weighted by molar-refractivity contribution is 5.97. The molecule has 1 saturated carbocycles. The molecule has 21 heavy (non-hydrogen) atoms. The molecule has 1 amide bonds. The second kappa shape index (κ2) is 5.64. The van der Waals surface area contributed by atoms with Gasteiger partial charge in [-0.25, -0.2) is 4.39 Å². The van der Waals surface area contributed by atoms with Crippen LogP contribution in [0.5, 0.6) is 5.75 Å². The van der Waals surface area contributed by atoms with Crippen LogP contribution in [0.2, 0.25) is 0 Å². The third kappa shape index (κ3) is 2.62. The number of carbonyl (C=O) groups is 1. The summed E-state index contributed by atoms with van der Waals surface area (Å²) in [5.74, 6) is 0.448. The van der Waals surface area contributed by atoms with Crippen molar-refractivity contribution in [1.82, 2.24) is 0 Å². The predicted molar refractivity (Wildman–Crippen MR) is 78.7 cm³/mol. The Morgan fingerprint density at radius 3 is 3.05 bits per heavy atom. The van der Waals surface area contributed by atoms with Crippen molar-refractivity contribution in [3.63, 3.8) is 0 Å². The fourth-order valence-electron chi connectivity index (χ4n) is 3.47. The first-order chi connectivity index (χ1) is 10.1. The van der Waals surface area contributed by atoms with Gasteiger partial charge in [-0.3, -0.25) is 4.79 Å². The molecule has 4 nitrogen and oxygen atoms in total. The highest BCUT2D eigenvalue weighted by Crippen LogP contribution is 2.38. The number of rotatable bonds is 2. The van der Waals surface area contributed by atoms with Gasteiger partial charge in [0.15, 0.2) is 0 Å². The zero-order valence-corrected chi connectivity index (χ0v) is 12.2. The molecule has 114 valence electrons. The van der Waals surface area contributed by atoms with E-state index in [4.69, 9.17) is 10.5 Å². The maximum atomic E-state index is 13.4. The number of nitrogens with two attached hydrogens (primary N) is 1. The lowest BCUT2D eigenvalue weighted by molar-refractivity contribution is -0.123. The van der Waals surface area contributed by atoms with Crippen LogP contribution in [0.3, 0.4) is 0 Å². The molecule has 3 atom stereocenters. The van der Waals surface area contributed by atoms with E-state index in [9.17, 15) is 9.18 Å². The molecule has 1 aromatic carbocycles. The van der Waals surface area contributed by atoms with E-state index in [1.165, 1.54) is 12.1 Å². The molecular formula is C16H21FN2O2. The summed E-state index contributed by atoms with van der Waals surface area (Å²) in [4.78, 5) is 14.6. The molecule has 0 radical (unpaired) electrons. The van der Waals surface area contributed by atoms with Gasteiger partial charge in [-0.05, 0) is 44.4 Å². The average Bonchev–Trinajstić information content (AvgIpc) is 2.93. The summed E-state index contributed by atoms with van der Waals surface area (Å²) in [6, 6.07) is 4.34. The molecule has 0 spiro atoms. The molecule has 1 aliphatic heterocycles. The Morgan fingerprint density at radius 1 is 1.48 bits per heavy atom. The van der Waals surface area contributed by atoms with Crippen LogP contribution in [-0.2, 0) is 4.79 Å². The molecule has 1 aromatic rings. The third-order valence-electron chi connectivity index (χ3n) is 4.53. The van der Waals surface area contributed by atoms with Gasteiger partial charge in [0.1, 0.15) is 17.7 Å². The Morgan fingerprint density at radius 2 is 2.29 bits per heavy atom. The number of anilines is 1. The third-order valence-corrected chi connectivity index (χ3v) is 4.53. The molecule has 1 unspecified atom stereocenters. The topological polar surface area (TPSA) is 55.6 Å². The standard InChI is InChI=1S/C16H21FN2O2/c1-10-9-19(14-6-5-12(17)7-15(14)21-10)16(20)13-4-2-3-11(13)8-18/h5-7,10-11,13H,2-4,8-9,18H2,1H3/t10?,11-,13-/m1/s1. The van der Waals surface area contributed by atoms with Crippen LogP contribution in [0.25, 0.3) is 0 Å². The largest absolute Gasteiger partial charge is 0.487 e. The fraction of sp³-hybridized carbons (Fsp3) is 0.562. The Kier molecular flexibility index (Phi) is 3.85. The summed E-state index contributed by atoms with van der Waals surface area (Å²) in [7, 11) is 0. The molecule has 1 aliphatic carbocycles. The number of halogens is 1. The van der Waals surface area contributed by atoms with Crippen molar-refractivity contribution in [3.05, 3.63) is 24.0 Å². The number of amides is 1. The summed E-state index contributed by atoms with van der Waals surface area (Å²) in [5, 5.41) is 0. The van der Waals surface area contributed by atoms with Crippen molar-refractivity contribution in [1.29, 1.82) is 0 Å². The Hall–Kier alpha value is -1.62. The van der Waals surface area contributed by atoms with E-state index < -0.39 is 0 Å². The number of fused-ring (bicyclic) bond motifs is 1. The second-order valence-electron chi connectivity index (χ2n) is 6.02. The number of hydrogen-bond acceptors (Lipinski definition) is 3. The van der Waals surface area contributed by atoms with Crippen molar-refractivity contribution in [2.45, 2.75) is 32.3 Å². The van der Waals surface area contributed by atoms with Gasteiger partial charge < -0.3 is 15.4 Å². The maximum Gasteiger partial charge on any atom is 0.230 e. The van der Waals surface area contributed by atoms with Gasteiger partial charge in [0.05, 0.1) is 12.2 Å². The molecular weight excluding hydrogens is 271 g/mol. The van der Waals surface area contributed by atoms with Gasteiger partial charge in [-0.1, -0.05) is 6.42 Å². The van der Waals surface area contributed by atoms with E-state index in [1.807, 2.05) is 6.92 Å². The van der Waals surface area contributed by atoms with Crippen molar-refractivity contribution < 1.29 is 13.9 Å². The van der Waals surface area contributed by atoms with Crippen LogP contribution >= 0.6 is 0 Å². The van der Waals surface area contributed by atoms with E-state index in [-0.39, 0.29) is 29.7 Å². The highest BCUT2D eigenvalue weighted by atomic mass is 19.1. The van der Waals surface area contributed by atoms with Crippen LogP contribution < -0.4 is 15.4 Å². The minimum atomic E-state index is -0.351. The van der Waals surface area contributed by atoms with Crippen LogP contribution in [-0.4, -0.2) is 25.1 Å². The lowest BCUT2D eigenvalue weighted by atomic mass is 9.94. The molecule has 1 fully saturated rings. The molecule has 5 heteroatoms. The predicted octanol–water partition coefficient (Wildman–Crippen LogP) is 2.31. The zero-order chi connectivity index (χ0) is 15.0. The average molecular weight is 292 g/mol. The number of ether oxygens (including phenoxy) is 1. The Labute approximate surface area is 124 Å². The quantitative estimate of drug-likeness (QED) is 0.910. The zero-order valence-electron chi connectivity index (χ0n) is 12.2. The van der Waals surface area contributed by atoms with E-state index in [2.05, 4.69) is 0 Å². The first-order valence-corrected chi connectivity index (χ1v) is 7.58. The Bertz CT molecular complexity index is 549. The molecule has 2 N–H and O–H groups in total. The highest BCUT2D eigenvalue weighted by Gasteiger charge is 2.38. The fourth-order valence-corrected chi connectivity index (χ4v) is 3.47. The van der Waals surface area contributed by atoms with Crippen LogP contribution in [0, 0.1) is 17.7 Å². The molecule has 0 bridgehead atoms. The van der Waals surface area contributed by atoms with Gasteiger partial charge in [-0.2, -0.15) is 0 Å². The summed E-state index contributed by atoms with van der Waals surface area (Å²) in [6.45, 7) is 2.95. The van der Waals surface area contributed by atoms with Gasteiger partial charge in [0.25, 0.3) is 0 Å². The number of nitrogens with zero attached hydrogens (tertiary/aromatic N) is 1. The first kappa shape index (κ1) is 14.3. The van der Waals surface area contributed by atoms with Crippen LogP contribution in [0.1, 0.15) is 26.2 Å². The molecule has 2 aliphatic rings. The minimum absolute atomic E-state index is 0.0156. The van der Waals surface area contributed by atoms with Gasteiger partial charge in [0, 0.05) is 12.0 Å². The van der Waals surface area contributed by atoms with Crippen LogP contribution in [0.15, 0.2) is 18.2 Å². The molecule has 3 rings (SSSR count). The normalized spacial score (nSPS) is 28.1. The number of hydrogen-bond donors (Lipinski definition) is 1. The maximum absolute atomic E-state index is 13.4. The molecule has 1 heterocycles. The monoisotopic (exact) mass is 292 g/mol. The van der Waals surface area contributed by atoms with Crippen molar-refractivity contribution in [2.75, 3.05) is 18.0 Å². The number of carbonyl (C=O) groups excluding carboxylic acids is 1. The van der Waals surface area contributed by atoms with E-state index in [0.29, 0.717) is 24.5 Å². The summed E-state index contributed by atoms with van der Waals surface area (Å²) in [6.07, 6.45) is 2.82. The van der Waals surface area contributed by atoms with E-state index >= 15 is 0 Å². The summed E-state index contributed by atoms with van der Waals surface area (Å²) in [5.41, 5.74) is 6.46. The first-order valence-electron chi connectivity index (χ1n) is 7.58. The Balaban J connectivity index is 1.90. The van der Waals surface area contributed by atoms with Gasteiger partial charge in [0.2, 0.25) is 5.91 Å². The molecule has 0 saturated heterocycles. The van der Waals surface area contributed by atoms with Crippen molar-refractivity contribution in [3.8, 4) is 5.75 Å². The second-order valence-corrected chi connectivity index (χ2v) is 6.02. The smallest absolute Gasteiger partial charge is 0.230 e. The van der Waals surface area contributed by atoms with Crippen molar-refractivity contribution >= 4 is 11.6 Å². The van der Waals surface area contributed by atoms with Crippen LogP contribution in [0.4, 0.5) is 10.1 Å². The lowest BCUT2D eigenvalue weighted by Gasteiger charge is -2.35. The van der Waals surface area contributed by atoms with Gasteiger partial charge >= 0.3 is 0 Å². The van der Waals surface area contributed by atoms with Gasteiger partial charge in [-0.15, -0.1) is 0 Å². The number of benzene rings is 1. The van der Waals surface area contributed by atoms with E-state index in [0.717, 1.165) is 19.3 Å². The summed E-state index contributed by atoms with van der Waals surface area (Å²) < 4.78 is 19.0. The SMILES string of the molecule is CC1CN(C(=O)[C@@H]2CCC[C@@H]2CN)c2ccc(F)cc2O1. The minimum Gasteiger partial charge on any atom is -0.487 e. The lowest BCUT2D eigenvalue weighted by Crippen LogP contribution is -2.46. The summed E-state index contributed by atoms with van der Waals surface area (Å²) >= 11 is 0. The van der Waals surface area contributed by atoms with E-state index in [1.54, 1.807) is 11.0 Å². The molecule has 0 aromatic heterocycles. The van der Waals surface area contributed by atoms with Crippen molar-refractivity contribution in [2.24, 2.45) is 17.6 Å².